The molecule has 0 aliphatic carbocycles. The van der Waals surface area contributed by atoms with Crippen molar-refractivity contribution in [3.63, 3.8) is 0 Å². The lowest BCUT2D eigenvalue weighted by Crippen LogP contribution is -2.38. The van der Waals surface area contributed by atoms with Gasteiger partial charge in [0.2, 0.25) is 0 Å². The van der Waals surface area contributed by atoms with Gasteiger partial charge in [-0.2, -0.15) is 5.10 Å². The molecule has 28 heavy (non-hydrogen) atoms. The molecule has 0 unspecified atom stereocenters. The molecule has 8 nitrogen and oxygen atoms in total. The predicted octanol–water partition coefficient (Wildman–Crippen LogP) is 1.79. The molecule has 1 aromatic carbocycles. The number of hydrogen-bond donors (Lipinski definition) is 0. The van der Waals surface area contributed by atoms with Gasteiger partial charge in [-0.25, -0.2) is 0 Å². The second kappa shape index (κ2) is 7.53. The lowest BCUT2D eigenvalue weighted by Gasteiger charge is -2.28. The summed E-state index contributed by atoms with van der Waals surface area (Å²) in [4.78, 5) is 29.2. The van der Waals surface area contributed by atoms with Crippen molar-refractivity contribution in [1.82, 2.24) is 19.6 Å². The summed E-state index contributed by atoms with van der Waals surface area (Å²) in [5, 5.41) is 4.46. The summed E-state index contributed by atoms with van der Waals surface area (Å²) in [5.74, 6) is 0.983. The summed E-state index contributed by atoms with van der Waals surface area (Å²) >= 11 is 0. The van der Waals surface area contributed by atoms with Gasteiger partial charge in [-0.05, 0) is 31.0 Å². The van der Waals surface area contributed by atoms with Crippen molar-refractivity contribution in [2.45, 2.75) is 25.9 Å². The fourth-order valence-corrected chi connectivity index (χ4v) is 3.77. The highest BCUT2D eigenvalue weighted by molar-refractivity contribution is 5.97. The van der Waals surface area contributed by atoms with E-state index in [9.17, 15) is 9.59 Å². The van der Waals surface area contributed by atoms with Gasteiger partial charge in [-0.3, -0.25) is 14.3 Å². The maximum absolute atomic E-state index is 13.0. The first-order valence-corrected chi connectivity index (χ1v) is 9.48. The zero-order valence-electron chi connectivity index (χ0n) is 16.2. The Morgan fingerprint density at radius 1 is 0.929 bits per heavy atom. The summed E-state index contributed by atoms with van der Waals surface area (Å²) in [6.07, 6.45) is 2.09. The molecule has 2 aliphatic rings. The van der Waals surface area contributed by atoms with E-state index in [-0.39, 0.29) is 11.8 Å². The molecule has 2 aromatic rings. The van der Waals surface area contributed by atoms with Crippen LogP contribution in [0.2, 0.25) is 0 Å². The van der Waals surface area contributed by atoms with Crippen LogP contribution in [0.1, 0.15) is 39.4 Å². The Labute approximate surface area is 163 Å². The summed E-state index contributed by atoms with van der Waals surface area (Å²) in [6, 6.07) is 6.98. The van der Waals surface area contributed by atoms with Crippen molar-refractivity contribution in [3.05, 3.63) is 41.2 Å². The zero-order chi connectivity index (χ0) is 19.7. The number of ether oxygens (including phenoxy) is 2. The fraction of sp³-hybridized carbons (Fsp3) is 0.450. The van der Waals surface area contributed by atoms with Gasteiger partial charge in [0.25, 0.3) is 11.8 Å². The van der Waals surface area contributed by atoms with E-state index in [0.717, 1.165) is 31.6 Å². The Kier molecular flexibility index (Phi) is 4.93. The predicted molar refractivity (Wildman–Crippen MR) is 102 cm³/mol. The molecule has 2 amide bonds. The highest BCUT2D eigenvalue weighted by Gasteiger charge is 2.28. The van der Waals surface area contributed by atoms with E-state index in [1.54, 1.807) is 30.2 Å². The van der Waals surface area contributed by atoms with Crippen LogP contribution in [0.5, 0.6) is 11.5 Å². The number of amides is 2. The number of likely N-dealkylation sites (tertiary alicyclic amines) is 1. The Morgan fingerprint density at radius 3 is 2.43 bits per heavy atom. The minimum Gasteiger partial charge on any atom is -0.497 e. The van der Waals surface area contributed by atoms with E-state index in [2.05, 4.69) is 5.10 Å². The van der Waals surface area contributed by atoms with E-state index >= 15 is 0 Å². The molecule has 0 bridgehead atoms. The normalized spacial score (nSPS) is 16.1. The van der Waals surface area contributed by atoms with Gasteiger partial charge in [-0.15, -0.1) is 0 Å². The topological polar surface area (TPSA) is 76.9 Å². The number of carbonyl (C=O) groups excluding carboxylic acids is 2. The first kappa shape index (κ1) is 18.3. The van der Waals surface area contributed by atoms with Crippen LogP contribution in [0.15, 0.2) is 24.3 Å². The van der Waals surface area contributed by atoms with E-state index in [0.29, 0.717) is 42.4 Å². The minimum atomic E-state index is -0.112. The third-order valence-electron chi connectivity index (χ3n) is 5.34. The first-order chi connectivity index (χ1) is 13.6. The van der Waals surface area contributed by atoms with Crippen LogP contribution in [0.3, 0.4) is 0 Å². The van der Waals surface area contributed by atoms with Crippen LogP contribution in [0, 0.1) is 0 Å². The molecule has 3 heterocycles. The Bertz CT molecular complexity index is 902. The number of hydrogen-bond acceptors (Lipinski definition) is 5. The van der Waals surface area contributed by atoms with Crippen molar-refractivity contribution in [1.29, 1.82) is 0 Å². The number of benzene rings is 1. The van der Waals surface area contributed by atoms with Gasteiger partial charge in [0, 0.05) is 25.7 Å². The van der Waals surface area contributed by atoms with Crippen molar-refractivity contribution in [3.8, 4) is 11.5 Å². The van der Waals surface area contributed by atoms with Gasteiger partial charge in [0.1, 0.15) is 11.5 Å². The molecule has 0 radical (unpaired) electrons. The monoisotopic (exact) mass is 384 g/mol. The quantitative estimate of drug-likeness (QED) is 0.803. The van der Waals surface area contributed by atoms with E-state index in [4.69, 9.17) is 9.47 Å². The van der Waals surface area contributed by atoms with Crippen LogP contribution in [-0.2, 0) is 13.1 Å². The average Bonchev–Trinajstić information content (AvgIpc) is 3.41. The number of carbonyl (C=O) groups is 2. The summed E-state index contributed by atoms with van der Waals surface area (Å²) in [5.41, 5.74) is 1.83. The summed E-state index contributed by atoms with van der Waals surface area (Å²) in [6.45, 7) is 3.09. The average molecular weight is 384 g/mol. The van der Waals surface area contributed by atoms with Gasteiger partial charge in [-0.1, -0.05) is 0 Å². The minimum absolute atomic E-state index is 0.0194. The molecular weight excluding hydrogens is 360 g/mol. The van der Waals surface area contributed by atoms with Gasteiger partial charge >= 0.3 is 0 Å². The van der Waals surface area contributed by atoms with Crippen molar-refractivity contribution in [2.75, 3.05) is 33.9 Å². The standard InChI is InChI=1S/C20H24N4O4/c1-27-15-5-6-16(18(12-15)28-2)19(25)23-9-10-24-14(13-23)11-17(21-24)20(26)22-7-3-4-8-22/h5-6,11-12H,3-4,7-10,13H2,1-2H3. The van der Waals surface area contributed by atoms with Crippen LogP contribution < -0.4 is 9.47 Å². The van der Waals surface area contributed by atoms with Crippen LogP contribution in [0.25, 0.3) is 0 Å². The number of aromatic nitrogens is 2. The SMILES string of the molecule is COc1ccc(C(=O)N2CCn3nc(C(=O)N4CCCC4)cc3C2)c(OC)c1. The molecule has 0 N–H and O–H groups in total. The second-order valence-electron chi connectivity index (χ2n) is 7.04. The summed E-state index contributed by atoms with van der Waals surface area (Å²) < 4.78 is 12.4. The maximum Gasteiger partial charge on any atom is 0.274 e. The van der Waals surface area contributed by atoms with Crippen LogP contribution in [-0.4, -0.2) is 65.2 Å². The molecular formula is C20H24N4O4. The molecule has 1 aromatic heterocycles. The molecule has 0 spiro atoms. The molecule has 148 valence electrons. The Hall–Kier alpha value is -3.03. The van der Waals surface area contributed by atoms with Crippen LogP contribution in [0.4, 0.5) is 0 Å². The van der Waals surface area contributed by atoms with Crippen LogP contribution >= 0.6 is 0 Å². The molecule has 4 rings (SSSR count). The lowest BCUT2D eigenvalue weighted by molar-refractivity contribution is 0.0700. The molecule has 0 atom stereocenters. The van der Waals surface area contributed by atoms with Crippen molar-refractivity contribution >= 4 is 11.8 Å². The largest absolute Gasteiger partial charge is 0.497 e. The van der Waals surface area contributed by atoms with Gasteiger partial charge < -0.3 is 19.3 Å². The Balaban J connectivity index is 1.52. The lowest BCUT2D eigenvalue weighted by atomic mass is 10.1. The Morgan fingerprint density at radius 2 is 1.71 bits per heavy atom. The molecule has 0 saturated carbocycles. The number of rotatable bonds is 4. The van der Waals surface area contributed by atoms with Crippen molar-refractivity contribution in [2.24, 2.45) is 0 Å². The third kappa shape index (κ3) is 3.30. The third-order valence-corrected chi connectivity index (χ3v) is 5.34. The van der Waals surface area contributed by atoms with E-state index in [1.807, 2.05) is 15.6 Å². The van der Waals surface area contributed by atoms with Crippen molar-refractivity contribution < 1.29 is 19.1 Å². The molecule has 8 heteroatoms. The fourth-order valence-electron chi connectivity index (χ4n) is 3.77. The number of fused-ring (bicyclic) bond motifs is 1. The molecule has 2 aliphatic heterocycles. The highest BCUT2D eigenvalue weighted by atomic mass is 16.5. The second-order valence-corrected chi connectivity index (χ2v) is 7.04. The molecule has 1 fully saturated rings. The summed E-state index contributed by atoms with van der Waals surface area (Å²) in [7, 11) is 3.11. The van der Waals surface area contributed by atoms with Gasteiger partial charge in [0.15, 0.2) is 5.69 Å². The van der Waals surface area contributed by atoms with E-state index in [1.165, 1.54) is 7.11 Å². The first-order valence-electron chi connectivity index (χ1n) is 9.48. The zero-order valence-corrected chi connectivity index (χ0v) is 16.2. The number of nitrogens with zero attached hydrogens (tertiary/aromatic N) is 4. The maximum atomic E-state index is 13.0. The van der Waals surface area contributed by atoms with E-state index < -0.39 is 0 Å². The number of methoxy groups -OCH3 is 2. The smallest absolute Gasteiger partial charge is 0.274 e. The molecule has 1 saturated heterocycles. The highest BCUT2D eigenvalue weighted by Crippen LogP contribution is 2.27. The van der Waals surface area contributed by atoms with Gasteiger partial charge in [0.05, 0.1) is 38.6 Å².